The van der Waals surface area contributed by atoms with E-state index in [0.29, 0.717) is 6.61 Å². The molecule has 0 bridgehead atoms. The van der Waals surface area contributed by atoms with Crippen LogP contribution in [0.1, 0.15) is 43.7 Å². The lowest BCUT2D eigenvalue weighted by Gasteiger charge is -2.08. The number of carbonyl (C=O) groups is 2. The van der Waals surface area contributed by atoms with Crippen LogP contribution >= 0.6 is 15.9 Å². The molecule has 0 radical (unpaired) electrons. The monoisotopic (exact) mass is 459 g/mol. The fourth-order valence-corrected chi connectivity index (χ4v) is 2.94. The molecule has 2 rings (SSSR count). The SMILES string of the molecule is CCCCOc1ccc(C=NNC(=O)CCC(=O)Nc2ccccc2C)cc1Br. The fraction of sp³-hybridized carbons (Fsp3) is 0.318. The molecule has 2 N–H and O–H groups in total. The molecule has 0 unspecified atom stereocenters. The summed E-state index contributed by atoms with van der Waals surface area (Å²) < 4.78 is 6.51. The molecule has 0 spiro atoms. The van der Waals surface area contributed by atoms with Crippen LogP contribution in [-0.4, -0.2) is 24.6 Å². The first-order valence-electron chi connectivity index (χ1n) is 9.59. The summed E-state index contributed by atoms with van der Waals surface area (Å²) in [5.74, 6) is 0.250. The number of halogens is 1. The van der Waals surface area contributed by atoms with E-state index >= 15 is 0 Å². The Morgan fingerprint density at radius 3 is 2.62 bits per heavy atom. The summed E-state index contributed by atoms with van der Waals surface area (Å²) in [7, 11) is 0. The van der Waals surface area contributed by atoms with Gasteiger partial charge in [-0.25, -0.2) is 5.43 Å². The minimum absolute atomic E-state index is 0.0585. The molecule has 2 aromatic carbocycles. The average molecular weight is 460 g/mol. The van der Waals surface area contributed by atoms with E-state index < -0.39 is 0 Å². The van der Waals surface area contributed by atoms with E-state index in [-0.39, 0.29) is 24.7 Å². The van der Waals surface area contributed by atoms with Crippen LogP contribution < -0.4 is 15.5 Å². The number of carbonyl (C=O) groups excluding carboxylic acids is 2. The molecule has 7 heteroatoms. The molecular formula is C22H26BrN3O3. The van der Waals surface area contributed by atoms with Crippen molar-refractivity contribution in [1.29, 1.82) is 0 Å². The molecule has 2 amide bonds. The van der Waals surface area contributed by atoms with Crippen molar-refractivity contribution in [3.8, 4) is 5.75 Å². The molecule has 0 fully saturated rings. The van der Waals surface area contributed by atoms with E-state index in [1.807, 2.05) is 49.4 Å². The Labute approximate surface area is 179 Å². The zero-order valence-corrected chi connectivity index (χ0v) is 18.3. The van der Waals surface area contributed by atoms with Crippen LogP contribution in [0, 0.1) is 6.92 Å². The van der Waals surface area contributed by atoms with Crippen molar-refractivity contribution in [1.82, 2.24) is 5.43 Å². The zero-order chi connectivity index (χ0) is 21.1. The Morgan fingerprint density at radius 1 is 1.14 bits per heavy atom. The highest BCUT2D eigenvalue weighted by atomic mass is 79.9. The Kier molecular flexibility index (Phi) is 9.37. The molecule has 0 aliphatic rings. The van der Waals surface area contributed by atoms with Crippen LogP contribution in [0.4, 0.5) is 5.69 Å². The minimum Gasteiger partial charge on any atom is -0.492 e. The summed E-state index contributed by atoms with van der Waals surface area (Å²) in [4.78, 5) is 23.9. The second-order valence-electron chi connectivity index (χ2n) is 6.55. The van der Waals surface area contributed by atoms with Crippen LogP contribution in [0.3, 0.4) is 0 Å². The third kappa shape index (κ3) is 8.07. The van der Waals surface area contributed by atoms with Crippen LogP contribution in [0.2, 0.25) is 0 Å². The van der Waals surface area contributed by atoms with Crippen LogP contribution in [0.5, 0.6) is 5.75 Å². The Morgan fingerprint density at radius 2 is 1.90 bits per heavy atom. The molecule has 29 heavy (non-hydrogen) atoms. The molecule has 0 aliphatic carbocycles. The van der Waals surface area contributed by atoms with Crippen molar-refractivity contribution >= 4 is 39.6 Å². The number of para-hydroxylation sites is 1. The first-order valence-corrected chi connectivity index (χ1v) is 10.4. The summed E-state index contributed by atoms with van der Waals surface area (Å²) in [5, 5.41) is 6.75. The molecular weight excluding hydrogens is 434 g/mol. The number of anilines is 1. The van der Waals surface area contributed by atoms with E-state index in [1.54, 1.807) is 6.21 Å². The summed E-state index contributed by atoms with van der Waals surface area (Å²) in [6.07, 6.45) is 3.78. The highest BCUT2D eigenvalue weighted by Crippen LogP contribution is 2.25. The Balaban J connectivity index is 1.75. The van der Waals surface area contributed by atoms with Gasteiger partial charge in [0.15, 0.2) is 0 Å². The number of rotatable bonds is 10. The number of nitrogens with one attached hydrogen (secondary N) is 2. The van der Waals surface area contributed by atoms with E-state index in [4.69, 9.17) is 4.74 Å². The number of unbranched alkanes of at least 4 members (excludes halogenated alkanes) is 1. The van der Waals surface area contributed by atoms with Crippen molar-refractivity contribution in [3.63, 3.8) is 0 Å². The molecule has 0 atom stereocenters. The number of ether oxygens (including phenoxy) is 1. The Bertz CT molecular complexity index is 868. The number of hydrogen-bond acceptors (Lipinski definition) is 4. The van der Waals surface area contributed by atoms with E-state index in [0.717, 1.165) is 39.9 Å². The highest BCUT2D eigenvalue weighted by molar-refractivity contribution is 9.10. The molecule has 6 nitrogen and oxygen atoms in total. The maximum Gasteiger partial charge on any atom is 0.240 e. The zero-order valence-electron chi connectivity index (χ0n) is 16.7. The molecule has 0 aliphatic heterocycles. The van der Waals surface area contributed by atoms with Gasteiger partial charge in [-0.3, -0.25) is 9.59 Å². The van der Waals surface area contributed by atoms with Gasteiger partial charge < -0.3 is 10.1 Å². The van der Waals surface area contributed by atoms with Gasteiger partial charge in [-0.05, 0) is 64.7 Å². The van der Waals surface area contributed by atoms with Gasteiger partial charge in [-0.2, -0.15) is 5.10 Å². The highest BCUT2D eigenvalue weighted by Gasteiger charge is 2.08. The van der Waals surface area contributed by atoms with Gasteiger partial charge in [0, 0.05) is 18.5 Å². The van der Waals surface area contributed by atoms with Gasteiger partial charge >= 0.3 is 0 Å². The maximum absolute atomic E-state index is 12.0. The van der Waals surface area contributed by atoms with Crippen molar-refractivity contribution in [2.24, 2.45) is 5.10 Å². The first kappa shape index (κ1) is 22.6. The van der Waals surface area contributed by atoms with Gasteiger partial charge in [0.2, 0.25) is 11.8 Å². The van der Waals surface area contributed by atoms with Crippen LogP contribution in [-0.2, 0) is 9.59 Å². The van der Waals surface area contributed by atoms with Gasteiger partial charge in [-0.1, -0.05) is 31.5 Å². The quantitative estimate of drug-likeness (QED) is 0.304. The predicted octanol–water partition coefficient (Wildman–Crippen LogP) is 4.81. The van der Waals surface area contributed by atoms with Crippen molar-refractivity contribution in [3.05, 3.63) is 58.1 Å². The van der Waals surface area contributed by atoms with Crippen LogP contribution in [0.15, 0.2) is 52.0 Å². The van der Waals surface area contributed by atoms with Gasteiger partial charge in [0.05, 0.1) is 17.3 Å². The lowest BCUT2D eigenvalue weighted by atomic mass is 10.2. The van der Waals surface area contributed by atoms with Gasteiger partial charge in [-0.15, -0.1) is 0 Å². The number of amides is 2. The topological polar surface area (TPSA) is 79.8 Å². The largest absolute Gasteiger partial charge is 0.492 e. The summed E-state index contributed by atoms with van der Waals surface area (Å²) in [5.41, 5.74) is 4.99. The standard InChI is InChI=1S/C22H26BrN3O3/c1-3-4-13-29-20-10-9-17(14-18(20)23)15-24-26-22(28)12-11-21(27)25-19-8-6-5-7-16(19)2/h5-10,14-15H,3-4,11-13H2,1-2H3,(H,25,27)(H,26,28). The lowest BCUT2D eigenvalue weighted by Crippen LogP contribution is -2.20. The predicted molar refractivity (Wildman–Crippen MR) is 119 cm³/mol. The fourth-order valence-electron chi connectivity index (χ4n) is 2.43. The summed E-state index contributed by atoms with van der Waals surface area (Å²) >= 11 is 3.47. The molecule has 154 valence electrons. The van der Waals surface area contributed by atoms with E-state index in [9.17, 15) is 9.59 Å². The Hall–Kier alpha value is -2.67. The van der Waals surface area contributed by atoms with E-state index in [2.05, 4.69) is 38.7 Å². The first-order chi connectivity index (χ1) is 14.0. The molecule has 0 saturated heterocycles. The number of hydrogen-bond donors (Lipinski definition) is 2. The number of hydrazone groups is 1. The van der Waals surface area contributed by atoms with Gasteiger partial charge in [0.1, 0.15) is 5.75 Å². The number of benzene rings is 2. The molecule has 0 heterocycles. The number of aryl methyl sites for hydroxylation is 1. The summed E-state index contributed by atoms with van der Waals surface area (Å²) in [6.45, 7) is 4.71. The lowest BCUT2D eigenvalue weighted by molar-refractivity contribution is -0.124. The van der Waals surface area contributed by atoms with Crippen molar-refractivity contribution in [2.45, 2.75) is 39.5 Å². The number of nitrogens with zero attached hydrogens (tertiary/aromatic N) is 1. The van der Waals surface area contributed by atoms with E-state index in [1.165, 1.54) is 0 Å². The smallest absolute Gasteiger partial charge is 0.240 e. The third-order valence-corrected chi connectivity index (χ3v) is 4.73. The normalized spacial score (nSPS) is 10.7. The van der Waals surface area contributed by atoms with Crippen molar-refractivity contribution < 1.29 is 14.3 Å². The summed E-state index contributed by atoms with van der Waals surface area (Å²) in [6, 6.07) is 13.1. The van der Waals surface area contributed by atoms with Crippen molar-refractivity contribution in [2.75, 3.05) is 11.9 Å². The molecule has 0 saturated carbocycles. The molecule has 0 aromatic heterocycles. The third-order valence-electron chi connectivity index (χ3n) is 4.11. The minimum atomic E-state index is -0.320. The van der Waals surface area contributed by atoms with Crippen LogP contribution in [0.25, 0.3) is 0 Å². The van der Waals surface area contributed by atoms with Gasteiger partial charge in [0.25, 0.3) is 0 Å². The second-order valence-corrected chi connectivity index (χ2v) is 7.40. The second kappa shape index (κ2) is 12.0. The molecule has 2 aromatic rings. The maximum atomic E-state index is 12.0. The average Bonchev–Trinajstić information content (AvgIpc) is 2.70.